The average Bonchev–Trinajstić information content (AvgIpc) is 2.51. The second-order valence-corrected chi connectivity index (χ2v) is 8.71. The van der Waals surface area contributed by atoms with Crippen molar-refractivity contribution < 1.29 is 13.2 Å². The van der Waals surface area contributed by atoms with E-state index < -0.39 is 15.6 Å². The Morgan fingerprint density at radius 2 is 1.71 bits per heavy atom. The summed E-state index contributed by atoms with van der Waals surface area (Å²) < 4.78 is 26.7. The molecule has 0 aliphatic carbocycles. The Kier molecular flexibility index (Phi) is 4.51. The number of Topliss-reactive ketones (excluding diaryl/α,β-unsaturated/α-hetero) is 1. The van der Waals surface area contributed by atoms with Crippen molar-refractivity contribution in [2.24, 2.45) is 0 Å². The molecule has 0 spiro atoms. The molecule has 8 heteroatoms. The first-order chi connectivity index (χ1) is 11.2. The molecule has 4 nitrogen and oxygen atoms in total. The van der Waals surface area contributed by atoms with Gasteiger partial charge in [-0.25, -0.2) is 8.42 Å². The van der Waals surface area contributed by atoms with Crippen molar-refractivity contribution >= 4 is 60.4 Å². The summed E-state index contributed by atoms with van der Waals surface area (Å²) >= 11 is 15.3. The Labute approximate surface area is 157 Å². The number of carbonyl (C=O) groups is 1. The van der Waals surface area contributed by atoms with Gasteiger partial charge in [0, 0.05) is 15.7 Å². The maximum absolute atomic E-state index is 12.9. The molecular formula is C16H10BrCl2NO3S. The molecule has 0 amide bonds. The Morgan fingerprint density at radius 3 is 2.33 bits per heavy atom. The number of halogens is 3. The largest absolute Gasteiger partial charge is 0.356 e. The standard InChI is InChI=1S/C16H10BrCl2NO3S/c1-8-16(15(21)9-2-4-10(17)5-3-9)24(22,23)12-7-6-11(18)13(19)14(12)20-8/h2-7,20H,1H3. The van der Waals surface area contributed by atoms with Crippen molar-refractivity contribution in [3.05, 3.63) is 67.1 Å². The Balaban J connectivity index is 2.18. The van der Waals surface area contributed by atoms with E-state index in [9.17, 15) is 13.2 Å². The number of nitrogens with one attached hydrogen (secondary N) is 1. The lowest BCUT2D eigenvalue weighted by molar-refractivity contribution is 0.104. The predicted molar refractivity (Wildman–Crippen MR) is 98.4 cm³/mol. The molecule has 2 aromatic rings. The smallest absolute Gasteiger partial charge is 0.214 e. The third-order valence-electron chi connectivity index (χ3n) is 3.58. The van der Waals surface area contributed by atoms with Gasteiger partial charge in [-0.1, -0.05) is 39.1 Å². The molecule has 1 aliphatic heterocycles. The first-order valence-corrected chi connectivity index (χ1v) is 9.78. The number of hydrogen-bond donors (Lipinski definition) is 1. The van der Waals surface area contributed by atoms with E-state index in [1.54, 1.807) is 24.3 Å². The van der Waals surface area contributed by atoms with Crippen LogP contribution in [0.3, 0.4) is 0 Å². The van der Waals surface area contributed by atoms with Gasteiger partial charge in [0.05, 0.1) is 20.6 Å². The number of rotatable bonds is 2. The fourth-order valence-electron chi connectivity index (χ4n) is 2.45. The van der Waals surface area contributed by atoms with E-state index in [2.05, 4.69) is 21.2 Å². The molecular weight excluding hydrogens is 437 g/mol. The minimum atomic E-state index is -4.02. The molecule has 3 rings (SSSR count). The second kappa shape index (κ2) is 6.19. The van der Waals surface area contributed by atoms with E-state index in [1.807, 2.05) is 0 Å². The highest BCUT2D eigenvalue weighted by Crippen LogP contribution is 2.42. The summed E-state index contributed by atoms with van der Waals surface area (Å²) in [5, 5.41) is 3.22. The summed E-state index contributed by atoms with van der Waals surface area (Å²) in [6, 6.07) is 9.21. The van der Waals surface area contributed by atoms with E-state index >= 15 is 0 Å². The molecule has 124 valence electrons. The van der Waals surface area contributed by atoms with Crippen LogP contribution in [-0.4, -0.2) is 14.2 Å². The summed E-state index contributed by atoms with van der Waals surface area (Å²) in [7, 11) is -4.02. The summed E-state index contributed by atoms with van der Waals surface area (Å²) in [4.78, 5) is 12.4. The number of fused-ring (bicyclic) bond motifs is 1. The summed E-state index contributed by atoms with van der Waals surface area (Å²) in [6.07, 6.45) is 0. The number of anilines is 1. The molecule has 0 saturated carbocycles. The lowest BCUT2D eigenvalue weighted by atomic mass is 10.1. The van der Waals surface area contributed by atoms with Gasteiger partial charge >= 0.3 is 0 Å². The van der Waals surface area contributed by atoms with Crippen LogP contribution in [-0.2, 0) is 9.84 Å². The van der Waals surface area contributed by atoms with E-state index in [-0.39, 0.29) is 36.8 Å². The van der Waals surface area contributed by atoms with Gasteiger partial charge in [-0.15, -0.1) is 0 Å². The fourth-order valence-corrected chi connectivity index (χ4v) is 4.85. The second-order valence-electron chi connectivity index (χ2n) is 5.15. The van der Waals surface area contributed by atoms with Crippen LogP contribution >= 0.6 is 39.1 Å². The van der Waals surface area contributed by atoms with Gasteiger partial charge < -0.3 is 5.32 Å². The van der Waals surface area contributed by atoms with Gasteiger partial charge in [-0.3, -0.25) is 4.79 Å². The maximum atomic E-state index is 12.9. The molecule has 0 bridgehead atoms. The fraction of sp³-hybridized carbons (Fsp3) is 0.0625. The number of benzene rings is 2. The highest BCUT2D eigenvalue weighted by Gasteiger charge is 2.36. The summed E-state index contributed by atoms with van der Waals surface area (Å²) in [6.45, 7) is 1.52. The number of sulfone groups is 1. The predicted octanol–water partition coefficient (Wildman–Crippen LogP) is 5.07. The number of ketones is 1. The molecule has 0 radical (unpaired) electrons. The van der Waals surface area contributed by atoms with E-state index in [0.29, 0.717) is 0 Å². The quantitative estimate of drug-likeness (QED) is 0.654. The SMILES string of the molecule is CC1=C(C(=O)c2ccc(Br)cc2)S(=O)(=O)c2ccc(Cl)c(Cl)c2N1. The normalized spacial score (nSPS) is 15.7. The third kappa shape index (κ3) is 2.77. The highest BCUT2D eigenvalue weighted by molar-refractivity contribution is 9.10. The lowest BCUT2D eigenvalue weighted by Crippen LogP contribution is -2.24. The lowest BCUT2D eigenvalue weighted by Gasteiger charge is -2.23. The third-order valence-corrected chi connectivity index (χ3v) is 6.86. The van der Waals surface area contributed by atoms with Gasteiger partial charge in [-0.05, 0) is 43.3 Å². The van der Waals surface area contributed by atoms with Crippen molar-refractivity contribution in [2.45, 2.75) is 11.8 Å². The zero-order valence-corrected chi connectivity index (χ0v) is 16.1. The van der Waals surface area contributed by atoms with Crippen molar-refractivity contribution in [2.75, 3.05) is 5.32 Å². The molecule has 0 saturated heterocycles. The molecule has 24 heavy (non-hydrogen) atoms. The Morgan fingerprint density at radius 1 is 1.08 bits per heavy atom. The average molecular weight is 447 g/mol. The van der Waals surface area contributed by atoms with Crippen LogP contribution < -0.4 is 5.32 Å². The Bertz CT molecular complexity index is 999. The molecule has 1 aliphatic rings. The van der Waals surface area contributed by atoms with Crippen LogP contribution in [0.4, 0.5) is 5.69 Å². The highest BCUT2D eigenvalue weighted by atomic mass is 79.9. The number of hydrogen-bond acceptors (Lipinski definition) is 4. The van der Waals surface area contributed by atoms with Crippen molar-refractivity contribution in [3.63, 3.8) is 0 Å². The molecule has 1 heterocycles. The van der Waals surface area contributed by atoms with Gasteiger partial charge in [0.15, 0.2) is 0 Å². The monoisotopic (exact) mass is 445 g/mol. The van der Waals surface area contributed by atoms with Crippen molar-refractivity contribution in [1.29, 1.82) is 0 Å². The van der Waals surface area contributed by atoms with Gasteiger partial charge in [-0.2, -0.15) is 0 Å². The molecule has 0 fully saturated rings. The van der Waals surface area contributed by atoms with E-state index in [1.165, 1.54) is 19.1 Å². The number of carbonyl (C=O) groups excluding carboxylic acids is 1. The van der Waals surface area contributed by atoms with Crippen LogP contribution in [0, 0.1) is 0 Å². The van der Waals surface area contributed by atoms with Crippen LogP contribution in [0.25, 0.3) is 0 Å². The maximum Gasteiger partial charge on any atom is 0.214 e. The summed E-state index contributed by atoms with van der Waals surface area (Å²) in [5.41, 5.74) is 0.676. The molecule has 0 atom stereocenters. The Hall–Kier alpha value is -1.34. The van der Waals surface area contributed by atoms with E-state index in [0.717, 1.165) is 4.47 Å². The zero-order chi connectivity index (χ0) is 17.6. The first kappa shape index (κ1) is 17.5. The van der Waals surface area contributed by atoms with Crippen molar-refractivity contribution in [1.82, 2.24) is 0 Å². The molecule has 1 N–H and O–H groups in total. The summed E-state index contributed by atoms with van der Waals surface area (Å²) in [5.74, 6) is -0.579. The molecule has 0 unspecified atom stereocenters. The van der Waals surface area contributed by atoms with Gasteiger partial charge in [0.1, 0.15) is 4.91 Å². The molecule has 2 aromatic carbocycles. The number of allylic oxidation sites excluding steroid dienone is 2. The molecule has 0 aromatic heterocycles. The van der Waals surface area contributed by atoms with Gasteiger partial charge in [0.2, 0.25) is 15.6 Å². The van der Waals surface area contributed by atoms with E-state index in [4.69, 9.17) is 23.2 Å². The minimum absolute atomic E-state index is 0.0667. The van der Waals surface area contributed by atoms with Crippen LogP contribution in [0.5, 0.6) is 0 Å². The van der Waals surface area contributed by atoms with Crippen LogP contribution in [0.2, 0.25) is 10.0 Å². The van der Waals surface area contributed by atoms with Crippen LogP contribution in [0.15, 0.2) is 56.4 Å². The zero-order valence-electron chi connectivity index (χ0n) is 12.2. The van der Waals surface area contributed by atoms with Crippen molar-refractivity contribution in [3.8, 4) is 0 Å². The van der Waals surface area contributed by atoms with Gasteiger partial charge in [0.25, 0.3) is 0 Å². The first-order valence-electron chi connectivity index (χ1n) is 6.74. The topological polar surface area (TPSA) is 63.2 Å². The van der Waals surface area contributed by atoms with Crippen LogP contribution in [0.1, 0.15) is 17.3 Å². The minimum Gasteiger partial charge on any atom is -0.356 e.